The van der Waals surface area contributed by atoms with Crippen molar-refractivity contribution in [3.63, 3.8) is 0 Å². The molecule has 0 bridgehead atoms. The molecule has 0 N–H and O–H groups in total. The minimum absolute atomic E-state index is 0.803. The van der Waals surface area contributed by atoms with Crippen molar-refractivity contribution >= 4 is 24.2 Å². The number of para-hydroxylation sites is 2. The van der Waals surface area contributed by atoms with Gasteiger partial charge in [-0.05, 0) is 12.1 Å². The van der Waals surface area contributed by atoms with E-state index in [1.54, 1.807) is 0 Å². The zero-order valence-corrected chi connectivity index (χ0v) is 7.18. The number of rotatable bonds is 0. The van der Waals surface area contributed by atoms with Crippen LogP contribution in [0.1, 0.15) is 0 Å². The molecule has 0 aromatic heterocycles. The van der Waals surface area contributed by atoms with E-state index in [1.165, 1.54) is 0 Å². The first kappa shape index (κ1) is 7.13. The molecule has 1 aromatic rings. The van der Waals surface area contributed by atoms with Crippen LogP contribution in [0.25, 0.3) is 0 Å². The molecule has 0 unspecified atom stereocenters. The second-order valence-electron chi connectivity index (χ2n) is 2.27. The number of fused-ring (bicyclic) bond motifs is 1. The number of thiol groups is 1. The van der Waals surface area contributed by atoms with Gasteiger partial charge in [-0.15, -0.1) is 12.6 Å². The highest BCUT2D eigenvalue weighted by atomic mass is 35.5. The third-order valence-electron chi connectivity index (χ3n) is 1.41. The van der Waals surface area contributed by atoms with Gasteiger partial charge < -0.3 is 0 Å². The van der Waals surface area contributed by atoms with Gasteiger partial charge >= 0.3 is 0 Å². The molecule has 56 valence electrons. The Balaban J connectivity index is 2.81. The highest BCUT2D eigenvalue weighted by molar-refractivity contribution is 7.83. The molecular formula is C7H5ClN2S. The number of nitrogens with zero attached hydrogens (tertiary/aromatic N) is 2. The van der Waals surface area contributed by atoms with Gasteiger partial charge in [0.2, 0.25) is 0 Å². The second kappa shape index (κ2) is 2.22. The summed E-state index contributed by atoms with van der Waals surface area (Å²) in [5.74, 6) is 0. The molecule has 0 saturated carbocycles. The molecule has 0 saturated heterocycles. The number of halogens is 1. The van der Waals surface area contributed by atoms with Crippen LogP contribution in [0.5, 0.6) is 0 Å². The van der Waals surface area contributed by atoms with Crippen molar-refractivity contribution in [3.8, 4) is 0 Å². The standard InChI is InChI=1S/C7H5ClN2S/c8-7(11)9-5-3-1-2-4-6(5)10-7/h1-4,11H. The van der Waals surface area contributed by atoms with Crippen molar-refractivity contribution in [2.24, 2.45) is 9.98 Å². The Kier molecular flexibility index (Phi) is 1.44. The van der Waals surface area contributed by atoms with Crippen molar-refractivity contribution in [1.82, 2.24) is 0 Å². The van der Waals surface area contributed by atoms with Crippen molar-refractivity contribution in [1.29, 1.82) is 0 Å². The van der Waals surface area contributed by atoms with Gasteiger partial charge in [-0.25, -0.2) is 9.98 Å². The highest BCUT2D eigenvalue weighted by Gasteiger charge is 2.21. The molecule has 0 amide bonds. The molecule has 1 aromatic carbocycles. The molecule has 1 aliphatic heterocycles. The molecule has 1 heterocycles. The Hall–Kier alpha value is -0.540. The number of benzene rings is 1. The molecule has 0 aliphatic carbocycles. The average Bonchev–Trinajstić information content (AvgIpc) is 2.21. The van der Waals surface area contributed by atoms with Crippen LogP contribution in [0.2, 0.25) is 0 Å². The number of hydrogen-bond donors (Lipinski definition) is 1. The molecule has 0 radical (unpaired) electrons. The summed E-state index contributed by atoms with van der Waals surface area (Å²) in [6.45, 7) is 0. The first-order valence-electron chi connectivity index (χ1n) is 3.13. The van der Waals surface area contributed by atoms with Crippen LogP contribution < -0.4 is 10.7 Å². The van der Waals surface area contributed by atoms with Gasteiger partial charge in [-0.1, -0.05) is 23.7 Å². The zero-order valence-electron chi connectivity index (χ0n) is 5.53. The van der Waals surface area contributed by atoms with E-state index in [2.05, 4.69) is 22.6 Å². The number of alkyl halides is 1. The highest BCUT2D eigenvalue weighted by Crippen LogP contribution is 2.23. The Morgan fingerprint density at radius 3 is 2.09 bits per heavy atom. The summed E-state index contributed by atoms with van der Waals surface area (Å²) < 4.78 is -1.08. The fourth-order valence-corrected chi connectivity index (χ4v) is 1.38. The quantitative estimate of drug-likeness (QED) is 0.349. The van der Waals surface area contributed by atoms with Crippen molar-refractivity contribution in [2.45, 2.75) is 4.45 Å². The fourth-order valence-electron chi connectivity index (χ4n) is 0.985. The van der Waals surface area contributed by atoms with Gasteiger partial charge in [0.1, 0.15) is 0 Å². The smallest absolute Gasteiger partial charge is 0.229 e. The van der Waals surface area contributed by atoms with E-state index in [4.69, 9.17) is 11.6 Å². The predicted octanol–water partition coefficient (Wildman–Crippen LogP) is 0.719. The molecule has 0 spiro atoms. The first-order chi connectivity index (χ1) is 5.17. The molecule has 4 heteroatoms. The van der Waals surface area contributed by atoms with E-state index in [0.29, 0.717) is 0 Å². The van der Waals surface area contributed by atoms with Crippen LogP contribution in [0.15, 0.2) is 34.3 Å². The normalized spacial score (nSPS) is 18.4. The van der Waals surface area contributed by atoms with Gasteiger partial charge in [0.25, 0.3) is 4.45 Å². The molecule has 11 heavy (non-hydrogen) atoms. The van der Waals surface area contributed by atoms with E-state index in [1.807, 2.05) is 24.3 Å². The summed E-state index contributed by atoms with van der Waals surface area (Å²) in [4.78, 5) is 8.09. The molecule has 0 atom stereocenters. The van der Waals surface area contributed by atoms with Gasteiger partial charge in [-0.2, -0.15) is 0 Å². The fraction of sp³-hybridized carbons (Fsp3) is 0.143. The minimum atomic E-state index is -1.08. The lowest BCUT2D eigenvalue weighted by molar-refractivity contribution is 0.898. The first-order valence-corrected chi connectivity index (χ1v) is 3.96. The van der Waals surface area contributed by atoms with E-state index in [0.717, 1.165) is 10.7 Å². The van der Waals surface area contributed by atoms with Gasteiger partial charge in [-0.3, -0.25) is 0 Å². The Bertz CT molecular complexity index is 362. The van der Waals surface area contributed by atoms with Crippen LogP contribution >= 0.6 is 24.2 Å². The van der Waals surface area contributed by atoms with E-state index in [9.17, 15) is 0 Å². The third kappa shape index (κ3) is 1.26. The summed E-state index contributed by atoms with van der Waals surface area (Å²) in [7, 11) is 0. The second-order valence-corrected chi connectivity index (χ2v) is 3.68. The Morgan fingerprint density at radius 1 is 1.18 bits per heavy atom. The van der Waals surface area contributed by atoms with Crippen LogP contribution in [0.4, 0.5) is 0 Å². The van der Waals surface area contributed by atoms with Crippen LogP contribution in [0.3, 0.4) is 0 Å². The SMILES string of the molecule is SC1(Cl)N=c2ccccc2=N1. The molecular weight excluding hydrogens is 180 g/mol. The maximum atomic E-state index is 5.76. The zero-order chi connectivity index (χ0) is 7.90. The van der Waals surface area contributed by atoms with Gasteiger partial charge in [0.05, 0.1) is 10.7 Å². The third-order valence-corrected chi connectivity index (χ3v) is 1.78. The maximum absolute atomic E-state index is 5.76. The summed E-state index contributed by atoms with van der Waals surface area (Å²) >= 11 is 9.79. The predicted molar refractivity (Wildman–Crippen MR) is 46.3 cm³/mol. The van der Waals surface area contributed by atoms with Crippen LogP contribution in [0, 0.1) is 0 Å². The average molecular weight is 185 g/mol. The van der Waals surface area contributed by atoms with Gasteiger partial charge in [0, 0.05) is 0 Å². The summed E-state index contributed by atoms with van der Waals surface area (Å²) in [6, 6.07) is 7.51. The van der Waals surface area contributed by atoms with Crippen molar-refractivity contribution in [2.75, 3.05) is 0 Å². The molecule has 1 aliphatic rings. The Morgan fingerprint density at radius 2 is 1.64 bits per heavy atom. The van der Waals surface area contributed by atoms with Crippen LogP contribution in [-0.2, 0) is 0 Å². The lowest BCUT2D eigenvalue weighted by Crippen LogP contribution is -2.19. The summed E-state index contributed by atoms with van der Waals surface area (Å²) in [5.41, 5.74) is 0. The van der Waals surface area contributed by atoms with Crippen LogP contribution in [-0.4, -0.2) is 4.45 Å². The largest absolute Gasteiger partial charge is 0.273 e. The molecule has 0 fully saturated rings. The lowest BCUT2D eigenvalue weighted by atomic mass is 10.3. The minimum Gasteiger partial charge on any atom is -0.229 e. The maximum Gasteiger partial charge on any atom is 0.273 e. The van der Waals surface area contributed by atoms with E-state index in [-0.39, 0.29) is 0 Å². The summed E-state index contributed by atoms with van der Waals surface area (Å²) in [6.07, 6.45) is 0. The topological polar surface area (TPSA) is 24.7 Å². The van der Waals surface area contributed by atoms with Crippen molar-refractivity contribution in [3.05, 3.63) is 35.0 Å². The number of hydrogen-bond acceptors (Lipinski definition) is 3. The van der Waals surface area contributed by atoms with Gasteiger partial charge in [0.15, 0.2) is 0 Å². The van der Waals surface area contributed by atoms with Crippen molar-refractivity contribution < 1.29 is 0 Å². The lowest BCUT2D eigenvalue weighted by Gasteiger charge is -2.02. The molecule has 2 rings (SSSR count). The van der Waals surface area contributed by atoms with E-state index < -0.39 is 4.45 Å². The summed E-state index contributed by atoms with van der Waals surface area (Å²) in [5, 5.41) is 1.61. The molecule has 2 nitrogen and oxygen atoms in total. The monoisotopic (exact) mass is 184 g/mol. The Labute approximate surface area is 74.0 Å². The van der Waals surface area contributed by atoms with E-state index >= 15 is 0 Å².